The van der Waals surface area contributed by atoms with E-state index >= 15 is 0 Å². The fraction of sp³-hybridized carbons (Fsp3) is 0.333. The van der Waals surface area contributed by atoms with Crippen molar-refractivity contribution < 1.29 is 19.4 Å². The number of aliphatic carboxylic acids is 1. The van der Waals surface area contributed by atoms with E-state index < -0.39 is 12.1 Å². The number of nitrogens with one attached hydrogen (secondary N) is 1. The largest absolute Gasteiger partial charge is 0.479 e. The third-order valence-corrected chi connectivity index (χ3v) is 3.71. The van der Waals surface area contributed by atoms with Crippen LogP contribution in [-0.4, -0.2) is 52.7 Å². The van der Waals surface area contributed by atoms with Crippen LogP contribution < -0.4 is 0 Å². The number of fused-ring (bicyclic) bond motifs is 1. The lowest BCUT2D eigenvalue weighted by Gasteiger charge is -2.30. The van der Waals surface area contributed by atoms with E-state index in [1.807, 2.05) is 30.5 Å². The number of H-pyrrole nitrogens is 1. The highest BCUT2D eigenvalue weighted by molar-refractivity contribution is 5.89. The van der Waals surface area contributed by atoms with Crippen molar-refractivity contribution in [2.24, 2.45) is 0 Å². The zero-order valence-electron chi connectivity index (χ0n) is 11.4. The summed E-state index contributed by atoms with van der Waals surface area (Å²) in [7, 11) is 0. The molecule has 1 fully saturated rings. The second-order valence-electron chi connectivity index (χ2n) is 5.07. The number of aromatic nitrogens is 1. The number of aromatic amines is 1. The summed E-state index contributed by atoms with van der Waals surface area (Å²) in [4.78, 5) is 28.0. The Morgan fingerprint density at radius 1 is 1.38 bits per heavy atom. The number of carboxylic acid groups (broad SMARTS) is 1. The molecule has 6 nitrogen and oxygen atoms in total. The number of nitrogens with zero attached hydrogens (tertiary/aromatic N) is 1. The second kappa shape index (κ2) is 5.57. The molecular formula is C15H16N2O4. The van der Waals surface area contributed by atoms with Crippen molar-refractivity contribution in [1.29, 1.82) is 0 Å². The quantitative estimate of drug-likeness (QED) is 0.883. The molecule has 1 aliphatic rings. The van der Waals surface area contributed by atoms with Gasteiger partial charge in [0, 0.05) is 23.6 Å². The molecule has 0 aliphatic carbocycles. The van der Waals surface area contributed by atoms with Crippen LogP contribution in [-0.2, 0) is 20.7 Å². The standard InChI is InChI=1S/C15H16N2O4/c18-14(17-5-6-21-13(9-17)15(19)20)7-10-8-16-12-4-2-1-3-11(10)12/h1-4,8,13,16H,5-7,9H2,(H,19,20). The number of carbonyl (C=O) groups is 2. The van der Waals surface area contributed by atoms with E-state index in [0.717, 1.165) is 16.5 Å². The fourth-order valence-electron chi connectivity index (χ4n) is 2.58. The maximum atomic E-state index is 12.3. The van der Waals surface area contributed by atoms with Crippen molar-refractivity contribution in [3.05, 3.63) is 36.0 Å². The summed E-state index contributed by atoms with van der Waals surface area (Å²) in [5.74, 6) is -1.10. The molecule has 0 saturated carbocycles. The summed E-state index contributed by atoms with van der Waals surface area (Å²) >= 11 is 0. The Morgan fingerprint density at radius 2 is 2.19 bits per heavy atom. The fourth-order valence-corrected chi connectivity index (χ4v) is 2.58. The molecule has 1 amide bonds. The third-order valence-electron chi connectivity index (χ3n) is 3.71. The van der Waals surface area contributed by atoms with Gasteiger partial charge in [0.05, 0.1) is 19.6 Å². The number of carboxylic acids is 1. The monoisotopic (exact) mass is 288 g/mol. The number of benzene rings is 1. The molecule has 6 heteroatoms. The number of amides is 1. The number of morpholine rings is 1. The van der Waals surface area contributed by atoms with E-state index in [1.165, 1.54) is 0 Å². The maximum absolute atomic E-state index is 12.3. The molecule has 2 aromatic rings. The van der Waals surface area contributed by atoms with Crippen LogP contribution in [0.25, 0.3) is 10.9 Å². The van der Waals surface area contributed by atoms with Crippen molar-refractivity contribution in [3.63, 3.8) is 0 Å². The van der Waals surface area contributed by atoms with E-state index in [4.69, 9.17) is 9.84 Å². The molecule has 1 aromatic heterocycles. The third kappa shape index (κ3) is 2.75. The first-order chi connectivity index (χ1) is 10.1. The van der Waals surface area contributed by atoms with E-state index in [9.17, 15) is 9.59 Å². The molecule has 0 spiro atoms. The highest BCUT2D eigenvalue weighted by Crippen LogP contribution is 2.19. The summed E-state index contributed by atoms with van der Waals surface area (Å²) < 4.78 is 5.13. The van der Waals surface area contributed by atoms with Gasteiger partial charge >= 0.3 is 5.97 Å². The SMILES string of the molecule is O=C(O)C1CN(C(=O)Cc2c[nH]c3ccccc23)CCO1. The van der Waals surface area contributed by atoms with Gasteiger partial charge in [0.1, 0.15) is 0 Å². The van der Waals surface area contributed by atoms with Gasteiger partial charge in [-0.3, -0.25) is 4.79 Å². The van der Waals surface area contributed by atoms with Gasteiger partial charge in [-0.05, 0) is 11.6 Å². The molecule has 3 rings (SSSR count). The van der Waals surface area contributed by atoms with Gasteiger partial charge in [-0.1, -0.05) is 18.2 Å². The topological polar surface area (TPSA) is 82.6 Å². The minimum absolute atomic E-state index is 0.0747. The van der Waals surface area contributed by atoms with Crippen LogP contribution in [0.15, 0.2) is 30.5 Å². The Kier molecular flexibility index (Phi) is 3.62. The van der Waals surface area contributed by atoms with Gasteiger partial charge in [-0.15, -0.1) is 0 Å². The van der Waals surface area contributed by atoms with Crippen LogP contribution in [0.3, 0.4) is 0 Å². The normalized spacial score (nSPS) is 18.9. The van der Waals surface area contributed by atoms with Crippen molar-refractivity contribution in [2.45, 2.75) is 12.5 Å². The number of ether oxygens (including phenoxy) is 1. The number of hydrogen-bond donors (Lipinski definition) is 2. The smallest absolute Gasteiger partial charge is 0.334 e. The predicted molar refractivity (Wildman–Crippen MR) is 76.0 cm³/mol. The number of rotatable bonds is 3. The molecule has 1 atom stereocenters. The molecule has 110 valence electrons. The van der Waals surface area contributed by atoms with E-state index in [1.54, 1.807) is 4.90 Å². The summed E-state index contributed by atoms with van der Waals surface area (Å²) in [5.41, 5.74) is 1.92. The summed E-state index contributed by atoms with van der Waals surface area (Å²) in [6, 6.07) is 7.79. The van der Waals surface area contributed by atoms with Gasteiger partial charge < -0.3 is 19.7 Å². The van der Waals surface area contributed by atoms with E-state index in [2.05, 4.69) is 4.98 Å². The maximum Gasteiger partial charge on any atom is 0.334 e. The number of para-hydroxylation sites is 1. The minimum atomic E-state index is -1.03. The lowest BCUT2D eigenvalue weighted by molar-refractivity contribution is -0.159. The van der Waals surface area contributed by atoms with Gasteiger partial charge in [0.25, 0.3) is 0 Å². The Labute approximate surface area is 121 Å². The van der Waals surface area contributed by atoms with Crippen LogP contribution >= 0.6 is 0 Å². The lowest BCUT2D eigenvalue weighted by Crippen LogP contribution is -2.49. The Bertz CT molecular complexity index is 679. The van der Waals surface area contributed by atoms with Gasteiger partial charge in [-0.25, -0.2) is 4.79 Å². The Balaban J connectivity index is 1.72. The average Bonchev–Trinajstić information content (AvgIpc) is 2.91. The summed E-state index contributed by atoms with van der Waals surface area (Å²) in [6.07, 6.45) is 1.17. The molecule has 1 aromatic carbocycles. The van der Waals surface area contributed by atoms with Gasteiger partial charge in [0.15, 0.2) is 6.10 Å². The van der Waals surface area contributed by atoms with E-state index in [0.29, 0.717) is 6.54 Å². The first kappa shape index (κ1) is 13.6. The molecule has 2 N–H and O–H groups in total. The van der Waals surface area contributed by atoms with Crippen molar-refractivity contribution in [1.82, 2.24) is 9.88 Å². The zero-order valence-corrected chi connectivity index (χ0v) is 11.4. The minimum Gasteiger partial charge on any atom is -0.479 e. The molecule has 1 saturated heterocycles. The molecule has 1 aliphatic heterocycles. The van der Waals surface area contributed by atoms with Gasteiger partial charge in [0.2, 0.25) is 5.91 Å². The molecular weight excluding hydrogens is 272 g/mol. The summed E-state index contributed by atoms with van der Waals surface area (Å²) in [6.45, 7) is 0.804. The van der Waals surface area contributed by atoms with Crippen LogP contribution in [0.4, 0.5) is 0 Å². The predicted octanol–water partition coefficient (Wildman–Crippen LogP) is 1.02. The lowest BCUT2D eigenvalue weighted by atomic mass is 10.1. The highest BCUT2D eigenvalue weighted by Gasteiger charge is 2.29. The molecule has 21 heavy (non-hydrogen) atoms. The molecule has 0 bridgehead atoms. The van der Waals surface area contributed by atoms with Crippen LogP contribution in [0.5, 0.6) is 0 Å². The Morgan fingerprint density at radius 3 is 3.00 bits per heavy atom. The first-order valence-electron chi connectivity index (χ1n) is 6.82. The number of hydrogen-bond acceptors (Lipinski definition) is 3. The number of carbonyl (C=O) groups excluding carboxylic acids is 1. The highest BCUT2D eigenvalue weighted by atomic mass is 16.5. The van der Waals surface area contributed by atoms with Crippen molar-refractivity contribution in [2.75, 3.05) is 19.7 Å². The summed E-state index contributed by atoms with van der Waals surface area (Å²) in [5, 5.41) is 9.99. The van der Waals surface area contributed by atoms with Crippen LogP contribution in [0.2, 0.25) is 0 Å². The van der Waals surface area contributed by atoms with Crippen molar-refractivity contribution in [3.8, 4) is 0 Å². The molecule has 1 unspecified atom stereocenters. The van der Waals surface area contributed by atoms with Gasteiger partial charge in [-0.2, -0.15) is 0 Å². The Hall–Kier alpha value is -2.34. The average molecular weight is 288 g/mol. The molecule has 2 heterocycles. The van der Waals surface area contributed by atoms with Crippen molar-refractivity contribution >= 4 is 22.8 Å². The van der Waals surface area contributed by atoms with Crippen LogP contribution in [0, 0.1) is 0 Å². The van der Waals surface area contributed by atoms with E-state index in [-0.39, 0.29) is 25.5 Å². The zero-order chi connectivity index (χ0) is 14.8. The van der Waals surface area contributed by atoms with Crippen LogP contribution in [0.1, 0.15) is 5.56 Å². The molecule has 0 radical (unpaired) electrons. The second-order valence-corrected chi connectivity index (χ2v) is 5.07. The first-order valence-corrected chi connectivity index (χ1v) is 6.82.